The fourth-order valence-corrected chi connectivity index (χ4v) is 2.69. The van der Waals surface area contributed by atoms with Gasteiger partial charge in [-0.05, 0) is 27.0 Å². The van der Waals surface area contributed by atoms with Crippen LogP contribution in [0.3, 0.4) is 0 Å². The molecule has 18 heavy (non-hydrogen) atoms. The Morgan fingerprint density at radius 1 is 1.50 bits per heavy atom. The van der Waals surface area contributed by atoms with Gasteiger partial charge in [0, 0.05) is 24.0 Å². The van der Waals surface area contributed by atoms with Gasteiger partial charge in [0.25, 0.3) is 0 Å². The van der Waals surface area contributed by atoms with Crippen LogP contribution in [-0.4, -0.2) is 34.2 Å². The third kappa shape index (κ3) is 3.66. The maximum Gasteiger partial charge on any atom is 0.126 e. The van der Waals surface area contributed by atoms with Crippen molar-refractivity contribution in [2.45, 2.75) is 26.0 Å². The molecule has 0 aliphatic carbocycles. The lowest BCUT2D eigenvalue weighted by Crippen LogP contribution is -2.35. The fourth-order valence-electron chi connectivity index (χ4n) is 1.89. The molecular weight excluding hydrogens is 248 g/mol. The molecule has 0 aromatic carbocycles. The SMILES string of the molecule is CN(Cc1csc(-c2ccoc2)n1)CC(C)(C)O. The molecule has 0 saturated carbocycles. The number of likely N-dealkylation sites (N-methyl/N-ethyl adjacent to an activating group) is 1. The molecule has 0 spiro atoms. The molecule has 4 nitrogen and oxygen atoms in total. The van der Waals surface area contributed by atoms with Crippen LogP contribution < -0.4 is 0 Å². The Morgan fingerprint density at radius 3 is 2.89 bits per heavy atom. The Kier molecular flexibility index (Phi) is 3.85. The molecule has 2 aromatic heterocycles. The molecule has 0 saturated heterocycles. The van der Waals surface area contributed by atoms with Gasteiger partial charge in [-0.25, -0.2) is 4.98 Å². The van der Waals surface area contributed by atoms with Crippen molar-refractivity contribution < 1.29 is 9.52 Å². The molecule has 0 aliphatic rings. The van der Waals surface area contributed by atoms with Crippen molar-refractivity contribution >= 4 is 11.3 Å². The summed E-state index contributed by atoms with van der Waals surface area (Å²) in [6.45, 7) is 4.97. The highest BCUT2D eigenvalue weighted by atomic mass is 32.1. The van der Waals surface area contributed by atoms with Crippen LogP contribution in [0.4, 0.5) is 0 Å². The number of rotatable bonds is 5. The number of thiazole rings is 1. The van der Waals surface area contributed by atoms with Crippen molar-refractivity contribution in [1.82, 2.24) is 9.88 Å². The minimum absolute atomic E-state index is 0.617. The van der Waals surface area contributed by atoms with Gasteiger partial charge >= 0.3 is 0 Å². The van der Waals surface area contributed by atoms with Crippen molar-refractivity contribution in [3.8, 4) is 10.6 Å². The number of aromatic nitrogens is 1. The first-order chi connectivity index (χ1) is 8.44. The minimum atomic E-state index is -0.682. The van der Waals surface area contributed by atoms with Crippen LogP contribution in [0.15, 0.2) is 28.4 Å². The molecule has 2 rings (SSSR count). The molecular formula is C13H18N2O2S. The standard InChI is InChI=1S/C13H18N2O2S/c1-13(2,16)9-15(3)6-11-8-18-12(14-11)10-4-5-17-7-10/h4-5,7-8,16H,6,9H2,1-3H3. The van der Waals surface area contributed by atoms with Crippen molar-refractivity contribution in [2.75, 3.05) is 13.6 Å². The van der Waals surface area contributed by atoms with E-state index in [0.29, 0.717) is 6.54 Å². The molecule has 0 bridgehead atoms. The Morgan fingerprint density at radius 2 is 2.28 bits per heavy atom. The van der Waals surface area contributed by atoms with Crippen molar-refractivity contribution in [3.05, 3.63) is 29.7 Å². The van der Waals surface area contributed by atoms with E-state index in [9.17, 15) is 5.11 Å². The minimum Gasteiger partial charge on any atom is -0.472 e. The highest BCUT2D eigenvalue weighted by Crippen LogP contribution is 2.24. The quantitative estimate of drug-likeness (QED) is 0.903. The van der Waals surface area contributed by atoms with Crippen LogP contribution in [0.2, 0.25) is 0 Å². The van der Waals surface area contributed by atoms with E-state index in [1.54, 1.807) is 37.7 Å². The largest absolute Gasteiger partial charge is 0.472 e. The highest BCUT2D eigenvalue weighted by Gasteiger charge is 2.16. The third-order valence-electron chi connectivity index (χ3n) is 2.41. The Labute approximate surface area is 111 Å². The van der Waals surface area contributed by atoms with Crippen LogP contribution in [-0.2, 0) is 6.54 Å². The van der Waals surface area contributed by atoms with E-state index < -0.39 is 5.60 Å². The molecule has 0 aliphatic heterocycles. The lowest BCUT2D eigenvalue weighted by molar-refractivity contribution is 0.0422. The Bertz CT molecular complexity index is 485. The van der Waals surface area contributed by atoms with E-state index in [2.05, 4.69) is 9.88 Å². The molecule has 2 aromatic rings. The van der Waals surface area contributed by atoms with Crippen molar-refractivity contribution in [1.29, 1.82) is 0 Å². The average Bonchev–Trinajstić information content (AvgIpc) is 2.82. The summed E-state index contributed by atoms with van der Waals surface area (Å²) in [4.78, 5) is 6.62. The molecule has 0 atom stereocenters. The normalized spacial score (nSPS) is 12.3. The Balaban J connectivity index is 1.99. The zero-order valence-corrected chi connectivity index (χ0v) is 11.7. The van der Waals surface area contributed by atoms with E-state index in [0.717, 1.165) is 22.8 Å². The summed E-state index contributed by atoms with van der Waals surface area (Å²) in [5.41, 5.74) is 1.34. The Hall–Kier alpha value is -1.17. The number of nitrogens with zero attached hydrogens (tertiary/aromatic N) is 2. The van der Waals surface area contributed by atoms with Gasteiger partial charge in [0.2, 0.25) is 0 Å². The smallest absolute Gasteiger partial charge is 0.126 e. The van der Waals surface area contributed by atoms with Crippen LogP contribution in [0.25, 0.3) is 10.6 Å². The van der Waals surface area contributed by atoms with Crippen molar-refractivity contribution in [3.63, 3.8) is 0 Å². The number of hydrogen-bond donors (Lipinski definition) is 1. The van der Waals surface area contributed by atoms with Gasteiger partial charge < -0.3 is 9.52 Å². The lowest BCUT2D eigenvalue weighted by Gasteiger charge is -2.24. The molecule has 1 N–H and O–H groups in total. The topological polar surface area (TPSA) is 49.5 Å². The van der Waals surface area contributed by atoms with Crippen LogP contribution in [0.5, 0.6) is 0 Å². The van der Waals surface area contributed by atoms with E-state index in [4.69, 9.17) is 4.42 Å². The summed E-state index contributed by atoms with van der Waals surface area (Å²) in [7, 11) is 1.98. The summed E-state index contributed by atoms with van der Waals surface area (Å²) < 4.78 is 5.05. The maximum absolute atomic E-state index is 9.75. The van der Waals surface area contributed by atoms with E-state index >= 15 is 0 Å². The predicted octanol–water partition coefficient (Wildman–Crippen LogP) is 2.61. The van der Waals surface area contributed by atoms with E-state index in [1.807, 2.05) is 18.5 Å². The van der Waals surface area contributed by atoms with Gasteiger partial charge in [0.05, 0.1) is 17.6 Å². The molecule has 0 fully saturated rings. The second kappa shape index (κ2) is 5.22. The summed E-state index contributed by atoms with van der Waals surface area (Å²) in [5, 5.41) is 12.8. The van der Waals surface area contributed by atoms with Gasteiger partial charge in [-0.2, -0.15) is 0 Å². The predicted molar refractivity (Wildman–Crippen MR) is 72.4 cm³/mol. The first-order valence-electron chi connectivity index (χ1n) is 5.82. The summed E-state index contributed by atoms with van der Waals surface area (Å²) in [6.07, 6.45) is 3.35. The highest BCUT2D eigenvalue weighted by molar-refractivity contribution is 7.13. The first-order valence-corrected chi connectivity index (χ1v) is 6.70. The second-order valence-electron chi connectivity index (χ2n) is 5.14. The second-order valence-corrected chi connectivity index (χ2v) is 6.00. The van der Waals surface area contributed by atoms with E-state index in [-0.39, 0.29) is 0 Å². The van der Waals surface area contributed by atoms with Gasteiger partial charge in [0.1, 0.15) is 11.3 Å². The van der Waals surface area contributed by atoms with Crippen LogP contribution in [0.1, 0.15) is 19.5 Å². The van der Waals surface area contributed by atoms with Crippen molar-refractivity contribution in [2.24, 2.45) is 0 Å². The first kappa shape index (κ1) is 13.3. The number of aliphatic hydroxyl groups is 1. The molecule has 5 heteroatoms. The van der Waals surface area contributed by atoms with Gasteiger partial charge in [0.15, 0.2) is 0 Å². The number of furan rings is 1. The lowest BCUT2D eigenvalue weighted by atomic mass is 10.1. The third-order valence-corrected chi connectivity index (χ3v) is 3.35. The molecule has 98 valence electrons. The monoisotopic (exact) mass is 266 g/mol. The maximum atomic E-state index is 9.75. The van der Waals surface area contributed by atoms with Crippen LogP contribution >= 0.6 is 11.3 Å². The van der Waals surface area contributed by atoms with Gasteiger partial charge in [-0.3, -0.25) is 4.90 Å². The molecule has 0 unspecified atom stereocenters. The molecule has 0 amide bonds. The van der Waals surface area contributed by atoms with E-state index in [1.165, 1.54) is 0 Å². The average molecular weight is 266 g/mol. The molecule has 2 heterocycles. The fraction of sp³-hybridized carbons (Fsp3) is 0.462. The number of hydrogen-bond acceptors (Lipinski definition) is 5. The summed E-state index contributed by atoms with van der Waals surface area (Å²) >= 11 is 1.61. The zero-order chi connectivity index (χ0) is 13.2. The zero-order valence-electron chi connectivity index (χ0n) is 10.9. The van der Waals surface area contributed by atoms with Gasteiger partial charge in [-0.15, -0.1) is 11.3 Å². The summed E-state index contributed by atoms with van der Waals surface area (Å²) in [5.74, 6) is 0. The molecule has 0 radical (unpaired) electrons. The van der Waals surface area contributed by atoms with Gasteiger partial charge in [-0.1, -0.05) is 0 Å². The van der Waals surface area contributed by atoms with Crippen LogP contribution in [0, 0.1) is 0 Å². The summed E-state index contributed by atoms with van der Waals surface area (Å²) in [6, 6.07) is 1.91.